The van der Waals surface area contributed by atoms with E-state index in [1.165, 1.54) is 10.4 Å². The molecule has 0 bridgehead atoms. The van der Waals surface area contributed by atoms with E-state index in [0.717, 1.165) is 23.3 Å². The Kier molecular flexibility index (Phi) is 4.92. The summed E-state index contributed by atoms with van der Waals surface area (Å²) in [7, 11) is 0. The maximum absolute atomic E-state index is 4.50. The third-order valence-electron chi connectivity index (χ3n) is 2.55. The number of hydrogen-bond acceptors (Lipinski definition) is 3. The van der Waals surface area contributed by atoms with Crippen LogP contribution in [0.4, 0.5) is 0 Å². The molecule has 0 saturated heterocycles. The molecule has 2 aromatic rings. The van der Waals surface area contributed by atoms with Gasteiger partial charge in [-0.25, -0.2) is 0 Å². The first kappa shape index (κ1) is 13.7. The average molecular weight is 325 g/mol. The fourth-order valence-corrected chi connectivity index (χ4v) is 2.61. The Morgan fingerprint density at radius 2 is 2.00 bits per heavy atom. The maximum atomic E-state index is 4.50. The van der Waals surface area contributed by atoms with E-state index in [-0.39, 0.29) is 0 Å². The van der Waals surface area contributed by atoms with Gasteiger partial charge in [-0.1, -0.05) is 41.9 Å². The molecule has 0 aliphatic heterocycles. The average Bonchev–Trinajstić information content (AvgIpc) is 2.78. The van der Waals surface area contributed by atoms with Crippen molar-refractivity contribution in [2.75, 3.05) is 6.54 Å². The topological polar surface area (TPSA) is 24.9 Å². The van der Waals surface area contributed by atoms with Gasteiger partial charge >= 0.3 is 0 Å². The van der Waals surface area contributed by atoms with Crippen LogP contribution in [0.25, 0.3) is 11.3 Å². The van der Waals surface area contributed by atoms with E-state index in [1.807, 2.05) is 12.1 Å². The molecule has 0 fully saturated rings. The maximum Gasteiger partial charge on any atom is 0.0844 e. The summed E-state index contributed by atoms with van der Waals surface area (Å²) in [5.41, 5.74) is 2.23. The quantitative estimate of drug-likeness (QED) is 0.886. The summed E-state index contributed by atoms with van der Waals surface area (Å²) >= 11 is 5.02. The number of nitrogens with zero attached hydrogens (tertiary/aromatic N) is 1. The van der Waals surface area contributed by atoms with Crippen LogP contribution in [0.2, 0.25) is 0 Å². The highest BCUT2D eigenvalue weighted by Gasteiger charge is 2.04. The van der Waals surface area contributed by atoms with E-state index in [9.17, 15) is 0 Å². The molecule has 18 heavy (non-hydrogen) atoms. The van der Waals surface area contributed by atoms with Gasteiger partial charge in [0, 0.05) is 21.5 Å². The van der Waals surface area contributed by atoms with Gasteiger partial charge in [0.15, 0.2) is 0 Å². The van der Waals surface area contributed by atoms with Gasteiger partial charge in [0.2, 0.25) is 0 Å². The highest BCUT2D eigenvalue weighted by atomic mass is 79.9. The molecule has 0 radical (unpaired) electrons. The van der Waals surface area contributed by atoms with Gasteiger partial charge in [-0.3, -0.25) is 0 Å². The molecular formula is C14H17BrN2S. The fraction of sp³-hybridized carbons (Fsp3) is 0.357. The van der Waals surface area contributed by atoms with Crippen molar-refractivity contribution < 1.29 is 0 Å². The van der Waals surface area contributed by atoms with Crippen LogP contribution in [0.1, 0.15) is 18.7 Å². The van der Waals surface area contributed by atoms with Crippen molar-refractivity contribution in [2.24, 2.45) is 5.92 Å². The lowest BCUT2D eigenvalue weighted by Crippen LogP contribution is -2.18. The Balaban J connectivity index is 1.99. The molecule has 1 heterocycles. The van der Waals surface area contributed by atoms with Crippen molar-refractivity contribution in [3.05, 3.63) is 39.7 Å². The van der Waals surface area contributed by atoms with Gasteiger partial charge in [0.1, 0.15) is 0 Å². The monoisotopic (exact) mass is 324 g/mol. The van der Waals surface area contributed by atoms with Crippen molar-refractivity contribution in [2.45, 2.75) is 20.4 Å². The second kappa shape index (κ2) is 6.45. The Bertz CT molecular complexity index is 491. The summed E-state index contributed by atoms with van der Waals surface area (Å²) in [6.07, 6.45) is 0. The fourth-order valence-electron chi connectivity index (χ4n) is 1.64. The third kappa shape index (κ3) is 3.90. The molecule has 0 aliphatic rings. The summed E-state index contributed by atoms with van der Waals surface area (Å²) in [5.74, 6) is 0.684. The van der Waals surface area contributed by atoms with E-state index < -0.39 is 0 Å². The minimum atomic E-state index is 0.684. The van der Waals surface area contributed by atoms with Gasteiger partial charge in [-0.05, 0) is 42.2 Å². The van der Waals surface area contributed by atoms with E-state index in [0.29, 0.717) is 5.92 Å². The predicted molar refractivity (Wildman–Crippen MR) is 81.8 cm³/mol. The molecule has 0 aliphatic carbocycles. The zero-order valence-electron chi connectivity index (χ0n) is 10.6. The van der Waals surface area contributed by atoms with Crippen molar-refractivity contribution in [3.8, 4) is 11.3 Å². The van der Waals surface area contributed by atoms with Crippen LogP contribution in [-0.4, -0.2) is 10.9 Å². The van der Waals surface area contributed by atoms with Crippen molar-refractivity contribution in [1.82, 2.24) is 9.69 Å². The number of hydrogen-bond donors (Lipinski definition) is 1. The molecule has 0 spiro atoms. The van der Waals surface area contributed by atoms with Gasteiger partial charge in [-0.15, -0.1) is 0 Å². The summed E-state index contributed by atoms with van der Waals surface area (Å²) in [6, 6.07) is 10.4. The first-order valence-electron chi connectivity index (χ1n) is 6.07. The second-order valence-corrected chi connectivity index (χ2v) is 6.52. The summed E-state index contributed by atoms with van der Waals surface area (Å²) < 4.78 is 5.60. The minimum Gasteiger partial charge on any atom is -0.312 e. The van der Waals surface area contributed by atoms with Crippen LogP contribution in [-0.2, 0) is 6.54 Å². The number of nitrogens with one attached hydrogen (secondary N) is 1. The second-order valence-electron chi connectivity index (χ2n) is 4.71. The van der Waals surface area contributed by atoms with Crippen LogP contribution in [0.15, 0.2) is 34.8 Å². The van der Waals surface area contributed by atoms with E-state index in [1.54, 1.807) is 11.5 Å². The number of benzene rings is 1. The van der Waals surface area contributed by atoms with Crippen molar-refractivity contribution in [3.63, 3.8) is 0 Å². The van der Waals surface area contributed by atoms with Crippen LogP contribution < -0.4 is 5.32 Å². The normalized spacial score (nSPS) is 11.1. The number of rotatable bonds is 5. The van der Waals surface area contributed by atoms with Crippen molar-refractivity contribution in [1.29, 1.82) is 0 Å². The lowest BCUT2D eigenvalue weighted by Gasteiger charge is -2.04. The highest BCUT2D eigenvalue weighted by molar-refractivity contribution is 9.10. The van der Waals surface area contributed by atoms with E-state index >= 15 is 0 Å². The first-order valence-corrected chi connectivity index (χ1v) is 7.64. The van der Waals surface area contributed by atoms with Gasteiger partial charge in [0.05, 0.1) is 5.69 Å². The summed E-state index contributed by atoms with van der Waals surface area (Å²) in [6.45, 7) is 6.39. The molecule has 2 rings (SSSR count). The lowest BCUT2D eigenvalue weighted by atomic mass is 10.1. The highest BCUT2D eigenvalue weighted by Crippen LogP contribution is 2.23. The largest absolute Gasteiger partial charge is 0.312 e. The van der Waals surface area contributed by atoms with Crippen LogP contribution >= 0.6 is 27.5 Å². The molecule has 0 amide bonds. The van der Waals surface area contributed by atoms with E-state index in [4.69, 9.17) is 0 Å². The third-order valence-corrected chi connectivity index (χ3v) is 3.86. The molecule has 1 N–H and O–H groups in total. The first-order chi connectivity index (χ1) is 8.65. The van der Waals surface area contributed by atoms with Crippen LogP contribution in [0, 0.1) is 5.92 Å². The Morgan fingerprint density at radius 3 is 2.67 bits per heavy atom. The molecule has 1 aromatic carbocycles. The zero-order valence-corrected chi connectivity index (χ0v) is 13.0. The molecule has 4 heteroatoms. The standard InChI is InChI=1S/C14H17BrN2S/c1-10(2)8-16-9-13-7-14(17-18-13)11-3-5-12(15)6-4-11/h3-7,10,16H,8-9H2,1-2H3. The van der Waals surface area contributed by atoms with Crippen LogP contribution in [0.3, 0.4) is 0 Å². The molecule has 0 atom stereocenters. The van der Waals surface area contributed by atoms with Gasteiger partial charge in [0.25, 0.3) is 0 Å². The molecule has 0 unspecified atom stereocenters. The van der Waals surface area contributed by atoms with Crippen molar-refractivity contribution >= 4 is 27.5 Å². The van der Waals surface area contributed by atoms with E-state index in [2.05, 4.69) is 57.7 Å². The molecule has 0 saturated carbocycles. The van der Waals surface area contributed by atoms with Gasteiger partial charge < -0.3 is 5.32 Å². The molecule has 96 valence electrons. The number of halogens is 1. The van der Waals surface area contributed by atoms with Gasteiger partial charge in [-0.2, -0.15) is 4.37 Å². The smallest absolute Gasteiger partial charge is 0.0844 e. The molecule has 1 aromatic heterocycles. The Labute approximate surface area is 121 Å². The molecule has 2 nitrogen and oxygen atoms in total. The van der Waals surface area contributed by atoms with Crippen LogP contribution in [0.5, 0.6) is 0 Å². The number of aromatic nitrogens is 1. The molecular weight excluding hydrogens is 308 g/mol. The SMILES string of the molecule is CC(C)CNCc1cc(-c2ccc(Br)cc2)ns1. The summed E-state index contributed by atoms with van der Waals surface area (Å²) in [4.78, 5) is 1.29. The Morgan fingerprint density at radius 1 is 1.28 bits per heavy atom. The summed E-state index contributed by atoms with van der Waals surface area (Å²) in [5, 5.41) is 3.44. The predicted octanol–water partition coefficient (Wildman–Crippen LogP) is 4.32. The zero-order chi connectivity index (χ0) is 13.0. The Hall–Kier alpha value is -0.710. The lowest BCUT2D eigenvalue weighted by molar-refractivity contribution is 0.555. The minimum absolute atomic E-state index is 0.684.